The van der Waals surface area contributed by atoms with Gasteiger partial charge in [-0.25, -0.2) is 0 Å². The summed E-state index contributed by atoms with van der Waals surface area (Å²) in [6.07, 6.45) is 2.07. The summed E-state index contributed by atoms with van der Waals surface area (Å²) in [6, 6.07) is 6.30. The van der Waals surface area contributed by atoms with Crippen molar-refractivity contribution in [2.24, 2.45) is 0 Å². The third-order valence-corrected chi connectivity index (χ3v) is 4.29. The highest BCUT2D eigenvalue weighted by molar-refractivity contribution is 7.98. The highest BCUT2D eigenvalue weighted by Crippen LogP contribution is 2.18. The van der Waals surface area contributed by atoms with E-state index >= 15 is 0 Å². The first-order valence-electron chi connectivity index (χ1n) is 6.22. The number of fused-ring (bicyclic) bond motifs is 1. The quantitative estimate of drug-likeness (QED) is 0.904. The van der Waals surface area contributed by atoms with Crippen molar-refractivity contribution in [3.05, 3.63) is 34.9 Å². The lowest BCUT2D eigenvalue weighted by Crippen LogP contribution is -2.36. The Morgan fingerprint density at radius 1 is 1.44 bits per heavy atom. The molecule has 0 aromatic heterocycles. The van der Waals surface area contributed by atoms with E-state index in [2.05, 4.69) is 24.6 Å². The zero-order valence-corrected chi connectivity index (χ0v) is 12.0. The molecule has 1 aromatic carbocycles. The summed E-state index contributed by atoms with van der Waals surface area (Å²) < 4.78 is 0. The molecule has 1 aromatic rings. The third-order valence-electron chi connectivity index (χ3n) is 3.47. The largest absolute Gasteiger partial charge is 0.338 e. The summed E-state index contributed by atoms with van der Waals surface area (Å²) in [4.78, 5) is 14.2. The molecule has 0 aliphatic carbocycles. The number of hydrogen-bond acceptors (Lipinski definition) is 3. The van der Waals surface area contributed by atoms with Gasteiger partial charge in [-0.2, -0.15) is 11.8 Å². The van der Waals surface area contributed by atoms with E-state index in [9.17, 15) is 4.79 Å². The van der Waals surface area contributed by atoms with Gasteiger partial charge in [0.05, 0.1) is 0 Å². The third kappa shape index (κ3) is 2.70. The van der Waals surface area contributed by atoms with Gasteiger partial charge in [0, 0.05) is 37.5 Å². The number of benzene rings is 1. The number of nitrogens with one attached hydrogen (secondary N) is 1. The molecular formula is C14H20N2OS. The molecule has 1 atom stereocenters. The van der Waals surface area contributed by atoms with Gasteiger partial charge in [-0.05, 0) is 36.4 Å². The average molecular weight is 264 g/mol. The zero-order valence-electron chi connectivity index (χ0n) is 11.2. The molecule has 0 fully saturated rings. The Bertz CT molecular complexity index is 447. The van der Waals surface area contributed by atoms with Crippen LogP contribution in [0.15, 0.2) is 18.2 Å². The molecule has 1 amide bonds. The second-order valence-corrected chi connectivity index (χ2v) is 5.72. The Balaban J connectivity index is 2.13. The summed E-state index contributed by atoms with van der Waals surface area (Å²) in [7, 11) is 1.88. The molecule has 0 saturated carbocycles. The molecule has 1 aliphatic rings. The minimum absolute atomic E-state index is 0.117. The van der Waals surface area contributed by atoms with Crippen molar-refractivity contribution >= 4 is 17.7 Å². The Hall–Kier alpha value is -1.00. The maximum atomic E-state index is 12.4. The summed E-state index contributed by atoms with van der Waals surface area (Å²) in [6.45, 7) is 3.88. The lowest BCUT2D eigenvalue weighted by Gasteiger charge is -2.24. The summed E-state index contributed by atoms with van der Waals surface area (Å²) in [5.41, 5.74) is 3.37. The van der Waals surface area contributed by atoms with E-state index in [0.717, 1.165) is 24.4 Å². The molecule has 4 heteroatoms. The van der Waals surface area contributed by atoms with Crippen LogP contribution in [0, 0.1) is 0 Å². The van der Waals surface area contributed by atoms with Gasteiger partial charge >= 0.3 is 0 Å². The molecule has 0 radical (unpaired) electrons. The molecule has 18 heavy (non-hydrogen) atoms. The molecule has 98 valence electrons. The Morgan fingerprint density at radius 3 is 2.89 bits per heavy atom. The smallest absolute Gasteiger partial charge is 0.253 e. The Kier molecular flexibility index (Phi) is 4.30. The standard InChI is InChI=1S/C14H20N2OS/c1-10(9-18-3)16(2)14(17)11-4-5-12-7-15-8-13(12)6-11/h4-6,10,15H,7-9H2,1-3H3. The first kappa shape index (κ1) is 13.4. The molecule has 1 heterocycles. The fraction of sp³-hybridized carbons (Fsp3) is 0.500. The van der Waals surface area contributed by atoms with Gasteiger partial charge < -0.3 is 10.2 Å². The van der Waals surface area contributed by atoms with Crippen molar-refractivity contribution in [2.75, 3.05) is 19.1 Å². The first-order valence-corrected chi connectivity index (χ1v) is 7.61. The fourth-order valence-electron chi connectivity index (χ4n) is 2.18. The van der Waals surface area contributed by atoms with Crippen LogP contribution >= 0.6 is 11.8 Å². The zero-order chi connectivity index (χ0) is 13.1. The maximum Gasteiger partial charge on any atom is 0.253 e. The lowest BCUT2D eigenvalue weighted by molar-refractivity contribution is 0.0757. The van der Waals surface area contributed by atoms with Crippen LogP contribution in [-0.4, -0.2) is 35.9 Å². The molecule has 3 nitrogen and oxygen atoms in total. The van der Waals surface area contributed by atoms with Crippen molar-refractivity contribution in [1.29, 1.82) is 0 Å². The number of rotatable bonds is 4. The molecule has 0 spiro atoms. The van der Waals surface area contributed by atoms with E-state index in [-0.39, 0.29) is 11.9 Å². The fourth-order valence-corrected chi connectivity index (χ4v) is 2.89. The summed E-state index contributed by atoms with van der Waals surface area (Å²) in [5, 5.41) is 3.30. The lowest BCUT2D eigenvalue weighted by atomic mass is 10.1. The summed E-state index contributed by atoms with van der Waals surface area (Å²) >= 11 is 1.77. The van der Waals surface area contributed by atoms with Gasteiger partial charge in [-0.3, -0.25) is 4.79 Å². The number of thioether (sulfide) groups is 1. The first-order chi connectivity index (χ1) is 8.63. The van der Waals surface area contributed by atoms with Crippen LogP contribution in [0.25, 0.3) is 0 Å². The van der Waals surface area contributed by atoms with Crippen LogP contribution in [0.1, 0.15) is 28.4 Å². The number of carbonyl (C=O) groups is 1. The van der Waals surface area contributed by atoms with E-state index in [0.29, 0.717) is 0 Å². The molecule has 1 N–H and O–H groups in total. The van der Waals surface area contributed by atoms with Crippen LogP contribution in [0.5, 0.6) is 0 Å². The van der Waals surface area contributed by atoms with Crippen molar-refractivity contribution in [1.82, 2.24) is 10.2 Å². The minimum Gasteiger partial charge on any atom is -0.338 e. The molecule has 0 bridgehead atoms. The molecule has 0 saturated heterocycles. The van der Waals surface area contributed by atoms with Gasteiger partial charge in [0.25, 0.3) is 5.91 Å². The number of carbonyl (C=O) groups excluding carboxylic acids is 1. The normalized spacial score (nSPS) is 15.3. The van der Waals surface area contributed by atoms with Crippen molar-refractivity contribution < 1.29 is 4.79 Å². The predicted molar refractivity (Wildman–Crippen MR) is 76.9 cm³/mol. The average Bonchev–Trinajstić information content (AvgIpc) is 2.84. The minimum atomic E-state index is 0.117. The molecule has 1 unspecified atom stereocenters. The van der Waals surface area contributed by atoms with Crippen LogP contribution < -0.4 is 5.32 Å². The number of nitrogens with zero attached hydrogens (tertiary/aromatic N) is 1. The molecule has 2 rings (SSSR count). The van der Waals surface area contributed by atoms with Crippen molar-refractivity contribution in [3.8, 4) is 0 Å². The van der Waals surface area contributed by atoms with E-state index in [1.165, 1.54) is 11.1 Å². The Morgan fingerprint density at radius 2 is 2.17 bits per heavy atom. The molecule has 1 aliphatic heterocycles. The van der Waals surface area contributed by atoms with Gasteiger partial charge in [-0.15, -0.1) is 0 Å². The van der Waals surface area contributed by atoms with Crippen LogP contribution in [-0.2, 0) is 13.1 Å². The van der Waals surface area contributed by atoms with E-state index in [1.54, 1.807) is 11.8 Å². The SMILES string of the molecule is CSCC(C)N(C)C(=O)c1ccc2c(c1)CNC2. The van der Waals surface area contributed by atoms with Gasteiger partial charge in [0.1, 0.15) is 0 Å². The van der Waals surface area contributed by atoms with Crippen LogP contribution in [0.3, 0.4) is 0 Å². The van der Waals surface area contributed by atoms with Crippen molar-refractivity contribution in [2.45, 2.75) is 26.1 Å². The van der Waals surface area contributed by atoms with Crippen LogP contribution in [0.4, 0.5) is 0 Å². The highest BCUT2D eigenvalue weighted by atomic mass is 32.2. The summed E-state index contributed by atoms with van der Waals surface area (Å²) in [5.74, 6) is 1.08. The molecular weight excluding hydrogens is 244 g/mol. The highest BCUT2D eigenvalue weighted by Gasteiger charge is 2.19. The van der Waals surface area contributed by atoms with Gasteiger partial charge in [0.15, 0.2) is 0 Å². The Labute approximate surface area is 113 Å². The van der Waals surface area contributed by atoms with Crippen LogP contribution in [0.2, 0.25) is 0 Å². The number of amides is 1. The topological polar surface area (TPSA) is 32.3 Å². The maximum absolute atomic E-state index is 12.4. The van der Waals surface area contributed by atoms with Crippen molar-refractivity contribution in [3.63, 3.8) is 0 Å². The van der Waals surface area contributed by atoms with E-state index in [1.807, 2.05) is 24.1 Å². The van der Waals surface area contributed by atoms with Gasteiger partial charge in [0.2, 0.25) is 0 Å². The second-order valence-electron chi connectivity index (χ2n) is 4.81. The van der Waals surface area contributed by atoms with E-state index in [4.69, 9.17) is 0 Å². The second kappa shape index (κ2) is 5.76. The monoisotopic (exact) mass is 264 g/mol. The number of hydrogen-bond donors (Lipinski definition) is 1. The van der Waals surface area contributed by atoms with Gasteiger partial charge in [-0.1, -0.05) is 6.07 Å². The predicted octanol–water partition coefficient (Wildman–Crippen LogP) is 2.11. The van der Waals surface area contributed by atoms with E-state index < -0.39 is 0 Å².